The Morgan fingerprint density at radius 3 is 2.73 bits per heavy atom. The van der Waals surface area contributed by atoms with Gasteiger partial charge in [0.25, 0.3) is 0 Å². The number of anilines is 1. The van der Waals surface area contributed by atoms with E-state index in [-0.39, 0.29) is 6.61 Å². The first-order chi connectivity index (χ1) is 10.9. The largest absolute Gasteiger partial charge is 0.396 e. The van der Waals surface area contributed by atoms with Crippen LogP contribution in [0.2, 0.25) is 0 Å². The first kappa shape index (κ1) is 14.7. The zero-order chi connectivity index (χ0) is 15.2. The lowest BCUT2D eigenvalue weighted by molar-refractivity contribution is 0.288. The monoisotopic (exact) mass is 315 g/mol. The predicted octanol–water partition coefficient (Wildman–Crippen LogP) is 3.19. The number of benzene rings is 1. The Bertz CT molecular complexity index is 683. The summed E-state index contributed by atoms with van der Waals surface area (Å²) in [5.74, 6) is 1.20. The van der Waals surface area contributed by atoms with Crippen molar-refractivity contribution in [3.63, 3.8) is 0 Å². The molecular formula is C16H17N3O2S. The molecule has 0 saturated heterocycles. The SMILES string of the molecule is OCCCN(Cc1nc(-c2cccs2)no1)c1ccccc1. The number of aliphatic hydroxyl groups is 1. The molecule has 2 heterocycles. The lowest BCUT2D eigenvalue weighted by Crippen LogP contribution is -2.24. The van der Waals surface area contributed by atoms with Crippen molar-refractivity contribution in [3.8, 4) is 10.7 Å². The molecule has 0 aliphatic heterocycles. The van der Waals surface area contributed by atoms with Crippen LogP contribution >= 0.6 is 11.3 Å². The van der Waals surface area contributed by atoms with E-state index >= 15 is 0 Å². The van der Waals surface area contributed by atoms with Crippen molar-refractivity contribution in [3.05, 3.63) is 53.7 Å². The topological polar surface area (TPSA) is 62.4 Å². The van der Waals surface area contributed by atoms with Crippen LogP contribution in [0.25, 0.3) is 10.7 Å². The Morgan fingerprint density at radius 2 is 2.00 bits per heavy atom. The molecule has 1 aromatic carbocycles. The van der Waals surface area contributed by atoms with E-state index in [0.717, 1.165) is 17.1 Å². The average Bonchev–Trinajstić information content (AvgIpc) is 3.23. The summed E-state index contributed by atoms with van der Waals surface area (Å²) in [6.07, 6.45) is 0.695. The van der Waals surface area contributed by atoms with Crippen LogP contribution in [-0.4, -0.2) is 28.4 Å². The Balaban J connectivity index is 1.76. The lowest BCUT2D eigenvalue weighted by atomic mass is 10.2. The van der Waals surface area contributed by atoms with Gasteiger partial charge in [0.1, 0.15) is 0 Å². The maximum absolute atomic E-state index is 9.08. The van der Waals surface area contributed by atoms with E-state index in [0.29, 0.717) is 24.7 Å². The van der Waals surface area contributed by atoms with Crippen molar-refractivity contribution >= 4 is 17.0 Å². The molecule has 6 heteroatoms. The van der Waals surface area contributed by atoms with Crippen molar-refractivity contribution in [2.45, 2.75) is 13.0 Å². The molecule has 5 nitrogen and oxygen atoms in total. The second kappa shape index (κ2) is 7.20. The number of rotatable bonds is 7. The van der Waals surface area contributed by atoms with Crippen LogP contribution in [0.1, 0.15) is 12.3 Å². The number of thiophene rings is 1. The van der Waals surface area contributed by atoms with E-state index < -0.39 is 0 Å². The van der Waals surface area contributed by atoms with Gasteiger partial charge in [0.15, 0.2) is 0 Å². The number of hydrogen-bond acceptors (Lipinski definition) is 6. The zero-order valence-electron chi connectivity index (χ0n) is 12.1. The van der Waals surface area contributed by atoms with E-state index in [2.05, 4.69) is 15.0 Å². The Labute approximate surface area is 132 Å². The number of aromatic nitrogens is 2. The molecule has 2 aromatic heterocycles. The van der Waals surface area contributed by atoms with Crippen molar-refractivity contribution < 1.29 is 9.63 Å². The molecule has 3 rings (SSSR count). The maximum atomic E-state index is 9.08. The van der Waals surface area contributed by atoms with Gasteiger partial charge in [0, 0.05) is 18.8 Å². The van der Waals surface area contributed by atoms with Gasteiger partial charge < -0.3 is 14.5 Å². The second-order valence-electron chi connectivity index (χ2n) is 4.82. The first-order valence-electron chi connectivity index (χ1n) is 7.14. The Morgan fingerprint density at radius 1 is 1.14 bits per heavy atom. The fraction of sp³-hybridized carbons (Fsp3) is 0.250. The normalized spacial score (nSPS) is 10.8. The van der Waals surface area contributed by atoms with E-state index in [1.165, 1.54) is 0 Å². The molecule has 0 radical (unpaired) electrons. The number of para-hydroxylation sites is 1. The summed E-state index contributed by atoms with van der Waals surface area (Å²) in [7, 11) is 0. The molecule has 114 valence electrons. The van der Waals surface area contributed by atoms with Crippen molar-refractivity contribution in [2.24, 2.45) is 0 Å². The van der Waals surface area contributed by atoms with E-state index in [4.69, 9.17) is 9.63 Å². The lowest BCUT2D eigenvalue weighted by Gasteiger charge is -2.22. The van der Waals surface area contributed by atoms with Crippen molar-refractivity contribution in [2.75, 3.05) is 18.1 Å². The number of nitrogens with zero attached hydrogens (tertiary/aromatic N) is 3. The third-order valence-electron chi connectivity index (χ3n) is 3.24. The summed E-state index contributed by atoms with van der Waals surface area (Å²) in [6.45, 7) is 1.42. The van der Waals surface area contributed by atoms with Crippen LogP contribution in [0.3, 0.4) is 0 Å². The summed E-state index contributed by atoms with van der Waals surface area (Å²) < 4.78 is 5.36. The van der Waals surface area contributed by atoms with E-state index in [1.54, 1.807) is 11.3 Å². The van der Waals surface area contributed by atoms with Crippen LogP contribution in [-0.2, 0) is 6.54 Å². The van der Waals surface area contributed by atoms with Crippen molar-refractivity contribution in [1.82, 2.24) is 10.1 Å². The molecule has 0 amide bonds. The molecule has 0 unspecified atom stereocenters. The molecule has 0 saturated carbocycles. The van der Waals surface area contributed by atoms with Crippen LogP contribution in [0.5, 0.6) is 0 Å². The van der Waals surface area contributed by atoms with Crippen molar-refractivity contribution in [1.29, 1.82) is 0 Å². The summed E-state index contributed by atoms with van der Waals surface area (Å²) in [6, 6.07) is 14.0. The molecule has 0 atom stereocenters. The molecule has 0 spiro atoms. The van der Waals surface area contributed by atoms with Crippen LogP contribution in [0, 0.1) is 0 Å². The fourth-order valence-electron chi connectivity index (χ4n) is 2.19. The summed E-state index contributed by atoms with van der Waals surface area (Å²) in [5.41, 5.74) is 1.08. The summed E-state index contributed by atoms with van der Waals surface area (Å²) in [4.78, 5) is 7.58. The highest BCUT2D eigenvalue weighted by molar-refractivity contribution is 7.13. The summed E-state index contributed by atoms with van der Waals surface area (Å²) in [5, 5.41) is 15.1. The minimum Gasteiger partial charge on any atom is -0.396 e. The van der Waals surface area contributed by atoms with Gasteiger partial charge in [-0.1, -0.05) is 29.4 Å². The highest BCUT2D eigenvalue weighted by Gasteiger charge is 2.14. The quantitative estimate of drug-likeness (QED) is 0.725. The Kier molecular flexibility index (Phi) is 4.82. The van der Waals surface area contributed by atoms with E-state index in [1.807, 2.05) is 47.8 Å². The minimum atomic E-state index is 0.160. The third kappa shape index (κ3) is 3.52. The highest BCUT2D eigenvalue weighted by Crippen LogP contribution is 2.22. The van der Waals surface area contributed by atoms with Gasteiger partial charge >= 0.3 is 0 Å². The van der Waals surface area contributed by atoms with Gasteiger partial charge in [-0.15, -0.1) is 11.3 Å². The average molecular weight is 315 g/mol. The summed E-state index contributed by atoms with van der Waals surface area (Å²) >= 11 is 1.59. The molecule has 3 aromatic rings. The van der Waals surface area contributed by atoms with Gasteiger partial charge in [-0.3, -0.25) is 0 Å². The van der Waals surface area contributed by atoms with Gasteiger partial charge in [-0.25, -0.2) is 0 Å². The minimum absolute atomic E-state index is 0.160. The zero-order valence-corrected chi connectivity index (χ0v) is 12.9. The van der Waals surface area contributed by atoms with Crippen LogP contribution in [0.4, 0.5) is 5.69 Å². The number of hydrogen-bond donors (Lipinski definition) is 1. The Hall–Kier alpha value is -2.18. The fourth-order valence-corrected chi connectivity index (χ4v) is 2.84. The maximum Gasteiger partial charge on any atom is 0.246 e. The molecule has 1 N–H and O–H groups in total. The van der Waals surface area contributed by atoms with Gasteiger partial charge in [0.05, 0.1) is 11.4 Å². The van der Waals surface area contributed by atoms with Gasteiger partial charge in [-0.2, -0.15) is 4.98 Å². The standard InChI is InChI=1S/C16H17N3O2S/c20-10-5-9-19(13-6-2-1-3-7-13)12-15-17-16(18-21-15)14-8-4-11-22-14/h1-4,6-8,11,20H,5,9-10,12H2. The van der Waals surface area contributed by atoms with Gasteiger partial charge in [-0.05, 0) is 30.0 Å². The molecule has 0 bridgehead atoms. The number of aliphatic hydroxyl groups excluding tert-OH is 1. The molecular weight excluding hydrogens is 298 g/mol. The third-order valence-corrected chi connectivity index (χ3v) is 4.11. The van der Waals surface area contributed by atoms with E-state index in [9.17, 15) is 0 Å². The second-order valence-corrected chi connectivity index (χ2v) is 5.77. The van der Waals surface area contributed by atoms with Gasteiger partial charge in [0.2, 0.25) is 11.7 Å². The highest BCUT2D eigenvalue weighted by atomic mass is 32.1. The molecule has 22 heavy (non-hydrogen) atoms. The molecule has 0 aliphatic rings. The first-order valence-corrected chi connectivity index (χ1v) is 8.02. The smallest absolute Gasteiger partial charge is 0.246 e. The molecule has 0 fully saturated rings. The molecule has 0 aliphatic carbocycles. The van der Waals surface area contributed by atoms with Crippen LogP contribution < -0.4 is 4.90 Å². The van der Waals surface area contributed by atoms with Crippen LogP contribution in [0.15, 0.2) is 52.4 Å². The predicted molar refractivity (Wildman–Crippen MR) is 86.8 cm³/mol.